The van der Waals surface area contributed by atoms with Crippen molar-refractivity contribution in [3.63, 3.8) is 0 Å². The second-order valence-electron chi connectivity index (χ2n) is 3.76. The molecule has 0 aliphatic heterocycles. The zero-order chi connectivity index (χ0) is 14.5. The van der Waals surface area contributed by atoms with E-state index in [1.54, 1.807) is 18.2 Å². The van der Waals surface area contributed by atoms with Gasteiger partial charge >= 0.3 is 0 Å². The van der Waals surface area contributed by atoms with Gasteiger partial charge in [-0.15, -0.1) is 0 Å². The lowest BCUT2D eigenvalue weighted by molar-refractivity contribution is 0.0955. The molecule has 5 nitrogen and oxygen atoms in total. The molecule has 2 rings (SSSR count). The molecule has 2 aromatic rings. The highest BCUT2D eigenvalue weighted by molar-refractivity contribution is 14.1. The normalized spacial score (nSPS) is 10.7. The highest BCUT2D eigenvalue weighted by Crippen LogP contribution is 2.25. The standard InChI is InChI=1S/C13H9I2N3O2/c14-10-5-9(12(19)11(15)6-10)7-17-18-13(20)8-1-3-16-4-2-8/h1-7,19H,(H,18,20)/b17-7-. The molecule has 0 aliphatic carbocycles. The maximum Gasteiger partial charge on any atom is 0.271 e. The minimum atomic E-state index is -0.330. The van der Waals surface area contributed by atoms with Crippen LogP contribution >= 0.6 is 45.2 Å². The van der Waals surface area contributed by atoms with E-state index < -0.39 is 0 Å². The van der Waals surface area contributed by atoms with Crippen LogP contribution in [-0.2, 0) is 0 Å². The number of carbonyl (C=O) groups excluding carboxylic acids is 1. The lowest BCUT2D eigenvalue weighted by Crippen LogP contribution is -2.17. The Morgan fingerprint density at radius 3 is 2.70 bits per heavy atom. The topological polar surface area (TPSA) is 74.6 Å². The van der Waals surface area contributed by atoms with Gasteiger partial charge in [-0.05, 0) is 69.4 Å². The molecular formula is C13H9I2N3O2. The summed E-state index contributed by atoms with van der Waals surface area (Å²) in [6.07, 6.45) is 4.48. The molecule has 1 aromatic heterocycles. The molecule has 0 fully saturated rings. The zero-order valence-electron chi connectivity index (χ0n) is 10.0. The van der Waals surface area contributed by atoms with Gasteiger partial charge in [-0.1, -0.05) is 0 Å². The quantitative estimate of drug-likeness (QED) is 0.393. The van der Waals surface area contributed by atoms with Crippen LogP contribution < -0.4 is 5.43 Å². The van der Waals surface area contributed by atoms with Crippen molar-refractivity contribution in [1.29, 1.82) is 0 Å². The number of carbonyl (C=O) groups is 1. The summed E-state index contributed by atoms with van der Waals surface area (Å²) in [5.41, 5.74) is 3.42. The van der Waals surface area contributed by atoms with Crippen LogP contribution in [0.2, 0.25) is 0 Å². The predicted octanol–water partition coefficient (Wildman–Crippen LogP) is 2.76. The van der Waals surface area contributed by atoms with E-state index in [9.17, 15) is 9.90 Å². The smallest absolute Gasteiger partial charge is 0.271 e. The van der Waals surface area contributed by atoms with Crippen LogP contribution in [0, 0.1) is 7.14 Å². The number of nitrogens with one attached hydrogen (secondary N) is 1. The Hall–Kier alpha value is -1.23. The first-order valence-corrected chi connectivity index (χ1v) is 7.65. The van der Waals surface area contributed by atoms with Gasteiger partial charge in [-0.25, -0.2) is 5.43 Å². The van der Waals surface area contributed by atoms with Crippen LogP contribution in [-0.4, -0.2) is 22.2 Å². The summed E-state index contributed by atoms with van der Waals surface area (Å²) in [4.78, 5) is 15.6. The predicted molar refractivity (Wildman–Crippen MR) is 92.8 cm³/mol. The number of benzene rings is 1. The first kappa shape index (κ1) is 15.2. The van der Waals surface area contributed by atoms with Crippen molar-refractivity contribution < 1.29 is 9.90 Å². The number of hydrazone groups is 1. The number of aromatic nitrogens is 1. The molecule has 20 heavy (non-hydrogen) atoms. The fourth-order valence-corrected chi connectivity index (χ4v) is 3.30. The van der Waals surface area contributed by atoms with E-state index in [0.29, 0.717) is 11.1 Å². The fourth-order valence-electron chi connectivity index (χ4n) is 1.41. The highest BCUT2D eigenvalue weighted by Gasteiger charge is 2.06. The molecule has 0 aliphatic rings. The Labute approximate surface area is 142 Å². The summed E-state index contributed by atoms with van der Waals surface area (Å²) in [5.74, 6) is -0.184. The SMILES string of the molecule is O=C(N/N=C\c1cc(I)cc(I)c1O)c1ccncc1. The Balaban J connectivity index is 2.10. The number of hydrogen-bond donors (Lipinski definition) is 2. The van der Waals surface area contributed by atoms with Crippen molar-refractivity contribution in [2.45, 2.75) is 0 Å². The highest BCUT2D eigenvalue weighted by atomic mass is 127. The minimum Gasteiger partial charge on any atom is -0.506 e. The molecule has 0 saturated heterocycles. The van der Waals surface area contributed by atoms with E-state index in [4.69, 9.17) is 0 Å². The molecule has 0 saturated carbocycles. The third kappa shape index (κ3) is 3.88. The number of rotatable bonds is 3. The molecule has 0 bridgehead atoms. The van der Waals surface area contributed by atoms with E-state index in [-0.39, 0.29) is 11.7 Å². The van der Waals surface area contributed by atoms with Crippen molar-refractivity contribution in [2.24, 2.45) is 5.10 Å². The van der Waals surface area contributed by atoms with E-state index in [1.807, 2.05) is 28.7 Å². The molecule has 102 valence electrons. The van der Waals surface area contributed by atoms with Crippen LogP contribution in [0.15, 0.2) is 41.8 Å². The number of hydrogen-bond acceptors (Lipinski definition) is 4. The van der Waals surface area contributed by atoms with Crippen molar-refractivity contribution in [2.75, 3.05) is 0 Å². The molecule has 0 unspecified atom stereocenters. The number of amides is 1. The molecule has 1 heterocycles. The third-order valence-corrected chi connectivity index (χ3v) is 3.82. The van der Waals surface area contributed by atoms with Gasteiger partial charge in [0.2, 0.25) is 0 Å². The first-order chi connectivity index (χ1) is 9.58. The average Bonchev–Trinajstić information content (AvgIpc) is 2.44. The van der Waals surface area contributed by atoms with Gasteiger partial charge in [0, 0.05) is 27.1 Å². The number of phenols is 1. The molecule has 1 aromatic carbocycles. The van der Waals surface area contributed by atoms with E-state index >= 15 is 0 Å². The fraction of sp³-hybridized carbons (Fsp3) is 0. The van der Waals surface area contributed by atoms with E-state index in [0.717, 1.165) is 7.14 Å². The van der Waals surface area contributed by atoms with Gasteiger partial charge in [0.15, 0.2) is 0 Å². The molecule has 0 radical (unpaired) electrons. The first-order valence-electron chi connectivity index (χ1n) is 5.49. The average molecular weight is 493 g/mol. The van der Waals surface area contributed by atoms with Crippen LogP contribution in [0.4, 0.5) is 0 Å². The Morgan fingerprint density at radius 2 is 2.00 bits per heavy atom. The van der Waals surface area contributed by atoms with Crippen molar-refractivity contribution in [3.05, 3.63) is 54.9 Å². The number of phenolic OH excluding ortho intramolecular Hbond substituents is 1. The Morgan fingerprint density at radius 1 is 1.30 bits per heavy atom. The molecule has 7 heteroatoms. The van der Waals surface area contributed by atoms with Gasteiger partial charge in [0.1, 0.15) is 5.75 Å². The summed E-state index contributed by atoms with van der Waals surface area (Å²) in [7, 11) is 0. The maximum absolute atomic E-state index is 11.7. The van der Waals surface area contributed by atoms with E-state index in [2.05, 4.69) is 38.1 Å². The molecule has 1 amide bonds. The van der Waals surface area contributed by atoms with Crippen LogP contribution in [0.5, 0.6) is 5.75 Å². The largest absolute Gasteiger partial charge is 0.506 e. The summed E-state index contributed by atoms with van der Waals surface area (Å²) < 4.78 is 1.71. The minimum absolute atomic E-state index is 0.146. The molecular weight excluding hydrogens is 484 g/mol. The molecule has 0 atom stereocenters. The second-order valence-corrected chi connectivity index (χ2v) is 6.17. The Bertz CT molecular complexity index is 660. The number of halogens is 2. The van der Waals surface area contributed by atoms with Gasteiger partial charge in [0.25, 0.3) is 5.91 Å². The van der Waals surface area contributed by atoms with Crippen molar-refractivity contribution in [1.82, 2.24) is 10.4 Å². The summed E-state index contributed by atoms with van der Waals surface area (Å²) in [6, 6.07) is 6.82. The summed E-state index contributed by atoms with van der Waals surface area (Å²) >= 11 is 4.19. The van der Waals surface area contributed by atoms with Gasteiger partial charge in [-0.3, -0.25) is 9.78 Å². The molecule has 0 spiro atoms. The summed E-state index contributed by atoms with van der Waals surface area (Å²) in [5, 5.41) is 13.7. The Kier molecular flexibility index (Phi) is 5.29. The van der Waals surface area contributed by atoms with Gasteiger partial charge in [0.05, 0.1) is 9.78 Å². The maximum atomic E-state index is 11.7. The lowest BCUT2D eigenvalue weighted by atomic mass is 10.2. The van der Waals surface area contributed by atoms with Crippen molar-refractivity contribution in [3.8, 4) is 5.75 Å². The van der Waals surface area contributed by atoms with Crippen LogP contribution in [0.3, 0.4) is 0 Å². The number of aromatic hydroxyl groups is 1. The van der Waals surface area contributed by atoms with E-state index in [1.165, 1.54) is 18.6 Å². The third-order valence-electron chi connectivity index (χ3n) is 2.37. The van der Waals surface area contributed by atoms with Crippen molar-refractivity contribution >= 4 is 57.3 Å². The van der Waals surface area contributed by atoms with Gasteiger partial charge in [-0.2, -0.15) is 5.10 Å². The number of pyridine rings is 1. The summed E-state index contributed by atoms with van der Waals surface area (Å²) in [6.45, 7) is 0. The number of nitrogens with zero attached hydrogens (tertiary/aromatic N) is 2. The second kappa shape index (κ2) is 6.97. The molecule has 2 N–H and O–H groups in total. The van der Waals surface area contributed by atoms with Gasteiger partial charge < -0.3 is 5.11 Å². The zero-order valence-corrected chi connectivity index (χ0v) is 14.4. The lowest BCUT2D eigenvalue weighted by Gasteiger charge is -2.03. The van der Waals surface area contributed by atoms with Crippen LogP contribution in [0.1, 0.15) is 15.9 Å². The van der Waals surface area contributed by atoms with Crippen LogP contribution in [0.25, 0.3) is 0 Å². The monoisotopic (exact) mass is 493 g/mol.